The van der Waals surface area contributed by atoms with Crippen LogP contribution in [-0.4, -0.2) is 24.2 Å². The van der Waals surface area contributed by atoms with Gasteiger partial charge in [-0.1, -0.05) is 51.1 Å². The first-order chi connectivity index (χ1) is 10.7. The van der Waals surface area contributed by atoms with E-state index in [4.69, 9.17) is 4.43 Å². The van der Waals surface area contributed by atoms with Gasteiger partial charge in [-0.2, -0.15) is 0 Å². The van der Waals surface area contributed by atoms with E-state index in [1.54, 1.807) is 0 Å². The summed E-state index contributed by atoms with van der Waals surface area (Å²) in [6.45, 7) is 19.7. The fraction of sp³-hybridized carbons (Fsp3) is 0.684. The average molecular weight is 370 g/mol. The molecule has 0 bridgehead atoms. The van der Waals surface area contributed by atoms with Crippen LogP contribution in [0, 0.1) is 0 Å². The van der Waals surface area contributed by atoms with Crippen molar-refractivity contribution >= 4 is 19.7 Å². The molecule has 0 aliphatic heterocycles. The largest absolute Gasteiger partial charge is 0.598 e. The summed E-state index contributed by atoms with van der Waals surface area (Å²) in [6, 6.07) is 10.2. The van der Waals surface area contributed by atoms with Crippen molar-refractivity contribution in [3.63, 3.8) is 0 Å². The van der Waals surface area contributed by atoms with E-state index in [1.807, 2.05) is 39.0 Å². The molecule has 0 unspecified atom stereocenters. The summed E-state index contributed by atoms with van der Waals surface area (Å²) < 4.78 is 22.2. The zero-order valence-corrected chi connectivity index (χ0v) is 18.6. The number of benzene rings is 1. The molecule has 0 aromatic heterocycles. The second-order valence-corrected chi connectivity index (χ2v) is 16.0. The van der Waals surface area contributed by atoms with Crippen molar-refractivity contribution in [3.05, 3.63) is 35.9 Å². The van der Waals surface area contributed by atoms with E-state index in [-0.39, 0.29) is 9.79 Å². The average Bonchev–Trinajstić information content (AvgIpc) is 2.44. The van der Waals surface area contributed by atoms with Crippen LogP contribution in [0.2, 0.25) is 18.1 Å². The number of hydrogen-bond acceptors (Lipinski definition) is 3. The number of hydrogen-bond donors (Lipinski definition) is 1. The van der Waals surface area contributed by atoms with Crippen LogP contribution in [0.4, 0.5) is 0 Å². The molecule has 0 saturated heterocycles. The van der Waals surface area contributed by atoms with Gasteiger partial charge in [-0.05, 0) is 51.4 Å². The summed E-state index contributed by atoms with van der Waals surface area (Å²) in [5.74, 6) is 0. The molecule has 0 aliphatic carbocycles. The van der Waals surface area contributed by atoms with E-state index < -0.39 is 25.2 Å². The van der Waals surface area contributed by atoms with E-state index in [0.717, 1.165) is 5.56 Å². The van der Waals surface area contributed by atoms with Gasteiger partial charge in [0.15, 0.2) is 8.32 Å². The van der Waals surface area contributed by atoms with Gasteiger partial charge in [-0.15, -0.1) is 4.72 Å². The highest BCUT2D eigenvalue weighted by molar-refractivity contribution is 7.90. The minimum atomic E-state index is -1.88. The van der Waals surface area contributed by atoms with Gasteiger partial charge in [0, 0.05) is 11.4 Å². The molecular formula is C19H35NO2SSi. The van der Waals surface area contributed by atoms with Crippen LogP contribution >= 0.6 is 0 Å². The third kappa shape index (κ3) is 5.60. The quantitative estimate of drug-likeness (QED) is 0.568. The minimum absolute atomic E-state index is 0.147. The maximum absolute atomic E-state index is 12.7. The van der Waals surface area contributed by atoms with Gasteiger partial charge < -0.3 is 8.98 Å². The molecule has 1 rings (SSSR count). The molecule has 0 fully saturated rings. The summed E-state index contributed by atoms with van der Waals surface area (Å²) in [7, 11) is -1.88. The van der Waals surface area contributed by atoms with E-state index in [0.29, 0.717) is 6.61 Å². The second-order valence-electron chi connectivity index (χ2n) is 9.23. The van der Waals surface area contributed by atoms with E-state index in [1.165, 1.54) is 0 Å². The molecule has 1 aromatic rings. The molecule has 2 atom stereocenters. The first kappa shape index (κ1) is 21.7. The predicted octanol–water partition coefficient (Wildman–Crippen LogP) is 4.98. The van der Waals surface area contributed by atoms with Crippen molar-refractivity contribution in [1.29, 1.82) is 0 Å². The van der Waals surface area contributed by atoms with Gasteiger partial charge in [0.05, 0.1) is 6.61 Å². The van der Waals surface area contributed by atoms with Crippen LogP contribution in [0.25, 0.3) is 0 Å². The Labute approximate surface area is 153 Å². The highest BCUT2D eigenvalue weighted by Crippen LogP contribution is 2.38. The fourth-order valence-corrected chi connectivity index (χ4v) is 3.85. The summed E-state index contributed by atoms with van der Waals surface area (Å²) in [4.78, 5) is 0. The monoisotopic (exact) mass is 369 g/mol. The van der Waals surface area contributed by atoms with Crippen LogP contribution in [0.5, 0.6) is 0 Å². The lowest BCUT2D eigenvalue weighted by Gasteiger charge is -2.41. The van der Waals surface area contributed by atoms with Crippen LogP contribution < -0.4 is 4.72 Å². The highest BCUT2D eigenvalue weighted by Gasteiger charge is 2.42. The molecule has 24 heavy (non-hydrogen) atoms. The standard InChI is InChI=1S/C19H35NO2SSi/c1-17(2,3)23(21)20-19(7,16-13-11-10-12-14-16)15-22-24(8,9)18(4,5)6/h10-14,20H,15H2,1-9H3/t19-,23+/m1/s1. The van der Waals surface area contributed by atoms with E-state index in [2.05, 4.69) is 57.6 Å². The molecule has 0 spiro atoms. The molecule has 138 valence electrons. The predicted molar refractivity (Wildman–Crippen MR) is 108 cm³/mol. The Kier molecular flexibility index (Phi) is 6.78. The zero-order chi connectivity index (χ0) is 18.8. The first-order valence-corrected chi connectivity index (χ1v) is 12.6. The fourth-order valence-electron chi connectivity index (χ4n) is 1.88. The Balaban J connectivity index is 3.07. The summed E-state index contributed by atoms with van der Waals surface area (Å²) in [5.41, 5.74) is 0.607. The van der Waals surface area contributed by atoms with Crippen molar-refractivity contribution in [2.75, 3.05) is 6.61 Å². The second kappa shape index (κ2) is 7.50. The van der Waals surface area contributed by atoms with Crippen molar-refractivity contribution < 1.29 is 8.98 Å². The van der Waals surface area contributed by atoms with Crippen molar-refractivity contribution in [1.82, 2.24) is 4.72 Å². The lowest BCUT2D eigenvalue weighted by atomic mass is 9.94. The Bertz CT molecular complexity index is 522. The van der Waals surface area contributed by atoms with Crippen molar-refractivity contribution in [3.8, 4) is 0 Å². The topological polar surface area (TPSA) is 44.3 Å². The normalized spacial score (nSPS) is 17.4. The van der Waals surface area contributed by atoms with E-state index in [9.17, 15) is 4.55 Å². The number of rotatable bonds is 6. The van der Waals surface area contributed by atoms with Gasteiger partial charge >= 0.3 is 0 Å². The minimum Gasteiger partial charge on any atom is -0.598 e. The lowest BCUT2D eigenvalue weighted by Crippen LogP contribution is -2.54. The van der Waals surface area contributed by atoms with Crippen molar-refractivity contribution in [2.24, 2.45) is 0 Å². The molecule has 1 N–H and O–H groups in total. The Hall–Kier alpha value is -0.333. The zero-order valence-electron chi connectivity index (χ0n) is 16.8. The maximum atomic E-state index is 12.7. The first-order valence-electron chi connectivity index (χ1n) is 8.58. The van der Waals surface area contributed by atoms with Gasteiger partial charge in [-0.25, -0.2) is 0 Å². The SMILES string of the molecule is CC(C)(C)[S@+]([O-])N[C@](C)(CO[Si](C)(C)C(C)(C)C)c1ccccc1. The van der Waals surface area contributed by atoms with Gasteiger partial charge in [0.25, 0.3) is 0 Å². The van der Waals surface area contributed by atoms with Gasteiger partial charge in [0.1, 0.15) is 10.3 Å². The lowest BCUT2D eigenvalue weighted by molar-refractivity contribution is 0.198. The Morgan fingerprint density at radius 1 is 1.00 bits per heavy atom. The Morgan fingerprint density at radius 2 is 1.50 bits per heavy atom. The third-order valence-electron chi connectivity index (χ3n) is 4.81. The molecule has 0 heterocycles. The molecule has 5 heteroatoms. The van der Waals surface area contributed by atoms with Crippen molar-refractivity contribution in [2.45, 2.75) is 76.9 Å². The van der Waals surface area contributed by atoms with E-state index >= 15 is 0 Å². The summed E-state index contributed by atoms with van der Waals surface area (Å²) in [6.07, 6.45) is 0. The molecular weight excluding hydrogens is 334 g/mol. The van der Waals surface area contributed by atoms with Gasteiger partial charge in [0.2, 0.25) is 0 Å². The van der Waals surface area contributed by atoms with Crippen LogP contribution in [0.3, 0.4) is 0 Å². The Morgan fingerprint density at radius 3 is 1.92 bits per heavy atom. The summed E-state index contributed by atoms with van der Waals surface area (Å²) in [5, 5.41) is 0.147. The highest BCUT2D eigenvalue weighted by atomic mass is 32.2. The van der Waals surface area contributed by atoms with Crippen LogP contribution in [-0.2, 0) is 21.3 Å². The molecule has 1 aromatic carbocycles. The third-order valence-corrected chi connectivity index (χ3v) is 11.0. The summed E-state index contributed by atoms with van der Waals surface area (Å²) >= 11 is -1.17. The van der Waals surface area contributed by atoms with Gasteiger partial charge in [-0.3, -0.25) is 0 Å². The van der Waals surface area contributed by atoms with Crippen LogP contribution in [0.15, 0.2) is 30.3 Å². The molecule has 0 radical (unpaired) electrons. The van der Waals surface area contributed by atoms with Crippen LogP contribution in [0.1, 0.15) is 54.0 Å². The number of nitrogens with one attached hydrogen (secondary N) is 1. The smallest absolute Gasteiger partial charge is 0.192 e. The maximum Gasteiger partial charge on any atom is 0.192 e. The molecule has 3 nitrogen and oxygen atoms in total. The molecule has 0 aliphatic rings. The molecule has 0 amide bonds. The molecule has 0 saturated carbocycles.